The maximum absolute atomic E-state index is 12.4. The highest BCUT2D eigenvalue weighted by molar-refractivity contribution is 7.18. The minimum Gasteiger partial charge on any atom is -0.354 e. The normalized spacial score (nSPS) is 22.0. The number of pyridine rings is 1. The molecule has 0 aromatic carbocycles. The van der Waals surface area contributed by atoms with Crippen LogP contribution in [0.5, 0.6) is 0 Å². The molecule has 0 radical (unpaired) electrons. The predicted molar refractivity (Wildman–Crippen MR) is 138 cm³/mol. The Balaban J connectivity index is 1.42. The van der Waals surface area contributed by atoms with Crippen LogP contribution in [0, 0.1) is 13.8 Å². The van der Waals surface area contributed by atoms with Gasteiger partial charge < -0.3 is 14.9 Å². The summed E-state index contributed by atoms with van der Waals surface area (Å²) in [6.45, 7) is 10.7. The van der Waals surface area contributed by atoms with Gasteiger partial charge in [-0.25, -0.2) is 4.98 Å². The van der Waals surface area contributed by atoms with E-state index in [1.165, 1.54) is 10.6 Å². The number of aryl methyl sites for hydroxylation is 1. The van der Waals surface area contributed by atoms with E-state index in [0.29, 0.717) is 24.4 Å². The van der Waals surface area contributed by atoms with Gasteiger partial charge in [0, 0.05) is 55.0 Å². The Morgan fingerprint density at radius 3 is 2.53 bits per heavy atom. The van der Waals surface area contributed by atoms with Crippen LogP contribution in [0.25, 0.3) is 21.6 Å². The van der Waals surface area contributed by atoms with Gasteiger partial charge in [-0.3, -0.25) is 14.5 Å². The lowest BCUT2D eigenvalue weighted by Gasteiger charge is -2.38. The second-order valence-electron chi connectivity index (χ2n) is 10.3. The van der Waals surface area contributed by atoms with E-state index >= 15 is 0 Å². The molecule has 8 heteroatoms. The molecule has 1 aliphatic heterocycles. The lowest BCUT2D eigenvalue weighted by Crippen LogP contribution is -2.52. The van der Waals surface area contributed by atoms with E-state index in [2.05, 4.69) is 29.0 Å². The number of nitrogens with zero attached hydrogens (tertiary/aromatic N) is 3. The number of rotatable bonds is 4. The van der Waals surface area contributed by atoms with Crippen LogP contribution in [0.15, 0.2) is 11.0 Å². The number of aromatic nitrogens is 3. The molecule has 2 aliphatic rings. The van der Waals surface area contributed by atoms with Crippen molar-refractivity contribution in [2.24, 2.45) is 7.05 Å². The fourth-order valence-corrected chi connectivity index (χ4v) is 6.89. The number of piperazine rings is 1. The number of H-pyrrole nitrogens is 1. The molecular weight excluding hydrogens is 446 g/mol. The molecular formula is C26H35N5O2S. The first-order chi connectivity index (χ1) is 16.2. The van der Waals surface area contributed by atoms with Crippen molar-refractivity contribution in [1.29, 1.82) is 0 Å². The van der Waals surface area contributed by atoms with Gasteiger partial charge in [-0.15, -0.1) is 11.3 Å². The van der Waals surface area contributed by atoms with Crippen LogP contribution in [0.2, 0.25) is 0 Å². The Hall–Kier alpha value is -2.45. The standard InChI is InChI=1S/C26H35N5O2S/c1-14(2)21-22(19-12-30(5)26(33)16(4)15(19)3)28-25-23(21)29-24(34-25)17-6-8-18(9-7-17)31-11-10-27-20(32)13-31/h12,14,17-18,28H,6-11,13H2,1-5H3,(H,27,32). The second kappa shape index (κ2) is 8.96. The molecule has 5 rings (SSSR count). The van der Waals surface area contributed by atoms with Gasteiger partial charge in [0.2, 0.25) is 5.91 Å². The molecule has 2 N–H and O–H groups in total. The van der Waals surface area contributed by atoms with Crippen LogP contribution in [0.3, 0.4) is 0 Å². The monoisotopic (exact) mass is 481 g/mol. The highest BCUT2D eigenvalue weighted by Crippen LogP contribution is 2.43. The molecule has 0 atom stereocenters. The third kappa shape index (κ3) is 4.01. The topological polar surface area (TPSA) is 83.0 Å². The van der Waals surface area contributed by atoms with Crippen LogP contribution >= 0.6 is 11.3 Å². The van der Waals surface area contributed by atoms with Crippen molar-refractivity contribution in [3.05, 3.63) is 38.2 Å². The third-order valence-corrected chi connectivity index (χ3v) is 8.95. The minimum atomic E-state index is 0.0573. The quantitative estimate of drug-likeness (QED) is 0.585. The Morgan fingerprint density at radius 2 is 1.85 bits per heavy atom. The van der Waals surface area contributed by atoms with E-state index in [1.54, 1.807) is 15.9 Å². The Morgan fingerprint density at radius 1 is 1.12 bits per heavy atom. The fourth-order valence-electron chi connectivity index (χ4n) is 5.74. The number of hydrogen-bond donors (Lipinski definition) is 2. The van der Waals surface area contributed by atoms with Crippen LogP contribution in [-0.4, -0.2) is 51.0 Å². The van der Waals surface area contributed by atoms with Crippen molar-refractivity contribution in [3.8, 4) is 11.3 Å². The molecule has 0 bridgehead atoms. The van der Waals surface area contributed by atoms with E-state index in [1.807, 2.05) is 27.1 Å². The maximum Gasteiger partial charge on any atom is 0.253 e. The molecule has 1 amide bonds. The molecule has 4 heterocycles. The Bertz CT molecular complexity index is 1290. The Labute approximate surface area is 204 Å². The second-order valence-corrected chi connectivity index (χ2v) is 11.4. The number of amides is 1. The van der Waals surface area contributed by atoms with E-state index in [9.17, 15) is 9.59 Å². The summed E-state index contributed by atoms with van der Waals surface area (Å²) in [4.78, 5) is 36.5. The zero-order valence-corrected chi connectivity index (χ0v) is 21.6. The highest BCUT2D eigenvalue weighted by atomic mass is 32.1. The smallest absolute Gasteiger partial charge is 0.253 e. The van der Waals surface area contributed by atoms with E-state index in [-0.39, 0.29) is 11.5 Å². The third-order valence-electron chi connectivity index (χ3n) is 7.81. The highest BCUT2D eigenvalue weighted by Gasteiger charge is 2.31. The SMILES string of the molecule is Cc1c(-c2[nH]c3sc(C4CCC(N5CCNC(=O)C5)CC4)nc3c2C(C)C)cn(C)c(=O)c1C. The van der Waals surface area contributed by atoms with Crippen molar-refractivity contribution < 1.29 is 4.79 Å². The van der Waals surface area contributed by atoms with Gasteiger partial charge in [0.1, 0.15) is 10.3 Å². The number of nitrogens with one attached hydrogen (secondary N) is 2. The van der Waals surface area contributed by atoms with Gasteiger partial charge in [-0.05, 0) is 51.0 Å². The lowest BCUT2D eigenvalue weighted by atomic mass is 9.85. The summed E-state index contributed by atoms with van der Waals surface area (Å²) in [5.74, 6) is 0.964. The fraction of sp³-hybridized carbons (Fsp3) is 0.577. The van der Waals surface area contributed by atoms with Crippen LogP contribution in [0.4, 0.5) is 0 Å². The average Bonchev–Trinajstić information content (AvgIpc) is 3.38. The molecule has 3 aromatic rings. The van der Waals surface area contributed by atoms with Gasteiger partial charge in [0.25, 0.3) is 5.56 Å². The first-order valence-electron chi connectivity index (χ1n) is 12.4. The van der Waals surface area contributed by atoms with E-state index in [0.717, 1.165) is 71.5 Å². The summed E-state index contributed by atoms with van der Waals surface area (Å²) in [5, 5.41) is 4.17. The van der Waals surface area contributed by atoms with Crippen LogP contribution < -0.4 is 10.9 Å². The average molecular weight is 482 g/mol. The number of fused-ring (bicyclic) bond motifs is 1. The largest absolute Gasteiger partial charge is 0.354 e. The summed E-state index contributed by atoms with van der Waals surface area (Å²) < 4.78 is 1.68. The summed E-state index contributed by atoms with van der Waals surface area (Å²) in [6.07, 6.45) is 6.47. The first kappa shape index (κ1) is 23.3. The van der Waals surface area contributed by atoms with Crippen molar-refractivity contribution >= 4 is 27.6 Å². The van der Waals surface area contributed by atoms with Crippen molar-refractivity contribution in [2.45, 2.75) is 71.3 Å². The molecule has 182 valence electrons. The molecule has 0 spiro atoms. The zero-order valence-electron chi connectivity index (χ0n) is 20.8. The maximum atomic E-state index is 12.4. The number of carbonyl (C=O) groups is 1. The van der Waals surface area contributed by atoms with Crippen LogP contribution in [-0.2, 0) is 11.8 Å². The number of thiazole rings is 1. The van der Waals surface area contributed by atoms with Crippen molar-refractivity contribution in [3.63, 3.8) is 0 Å². The van der Waals surface area contributed by atoms with E-state index < -0.39 is 0 Å². The lowest BCUT2D eigenvalue weighted by molar-refractivity contribution is -0.125. The molecule has 3 aromatic heterocycles. The number of carbonyl (C=O) groups excluding carboxylic acids is 1. The minimum absolute atomic E-state index is 0.0573. The van der Waals surface area contributed by atoms with Gasteiger partial charge >= 0.3 is 0 Å². The van der Waals surface area contributed by atoms with Gasteiger partial charge in [-0.1, -0.05) is 13.8 Å². The van der Waals surface area contributed by atoms with Gasteiger partial charge in [-0.2, -0.15) is 0 Å². The number of hydrogen-bond acceptors (Lipinski definition) is 5. The zero-order chi connectivity index (χ0) is 24.1. The molecule has 1 saturated heterocycles. The van der Waals surface area contributed by atoms with Crippen LogP contribution in [0.1, 0.15) is 73.1 Å². The molecule has 1 saturated carbocycles. The summed E-state index contributed by atoms with van der Waals surface area (Å²) >= 11 is 1.79. The van der Waals surface area contributed by atoms with Gasteiger partial charge in [0.15, 0.2) is 0 Å². The molecule has 7 nitrogen and oxygen atoms in total. The number of aromatic amines is 1. The predicted octanol–water partition coefficient (Wildman–Crippen LogP) is 4.19. The Kier molecular flexibility index (Phi) is 6.14. The van der Waals surface area contributed by atoms with E-state index in [4.69, 9.17) is 4.98 Å². The summed E-state index contributed by atoms with van der Waals surface area (Å²) in [5.41, 5.74) is 6.40. The first-order valence-corrected chi connectivity index (χ1v) is 13.3. The summed E-state index contributed by atoms with van der Waals surface area (Å²) in [7, 11) is 1.82. The van der Waals surface area contributed by atoms with Crippen molar-refractivity contribution in [2.75, 3.05) is 19.6 Å². The van der Waals surface area contributed by atoms with Crippen molar-refractivity contribution in [1.82, 2.24) is 24.8 Å². The van der Waals surface area contributed by atoms with Gasteiger partial charge in [0.05, 0.1) is 17.2 Å². The molecule has 0 unspecified atom stereocenters. The summed E-state index contributed by atoms with van der Waals surface area (Å²) in [6, 6.07) is 0.515. The molecule has 34 heavy (non-hydrogen) atoms. The molecule has 2 fully saturated rings. The molecule has 1 aliphatic carbocycles.